The van der Waals surface area contributed by atoms with Crippen molar-refractivity contribution in [3.05, 3.63) is 0 Å². The topological polar surface area (TPSA) is 49.3 Å². The summed E-state index contributed by atoms with van der Waals surface area (Å²) in [5.41, 5.74) is 0. The molecule has 2 saturated heterocycles. The maximum absolute atomic E-state index is 10.7. The Hall–Kier alpha value is -0.220. The minimum absolute atomic E-state index is 0.279. The number of thioether (sulfide) groups is 1. The van der Waals surface area contributed by atoms with Crippen molar-refractivity contribution < 1.29 is 9.90 Å². The van der Waals surface area contributed by atoms with Crippen molar-refractivity contribution in [3.8, 4) is 0 Å². The molecule has 2 heterocycles. The molecule has 0 saturated carbocycles. The summed E-state index contributed by atoms with van der Waals surface area (Å²) in [4.78, 5) is 10.7. The highest BCUT2D eigenvalue weighted by atomic mass is 32.2. The first-order valence-corrected chi connectivity index (χ1v) is 5.49. The lowest BCUT2D eigenvalue weighted by atomic mass is 9.99. The summed E-state index contributed by atoms with van der Waals surface area (Å²) >= 11 is 1.95. The van der Waals surface area contributed by atoms with Gasteiger partial charge in [0, 0.05) is 6.04 Å². The second kappa shape index (κ2) is 3.26. The van der Waals surface area contributed by atoms with E-state index in [1.54, 1.807) is 0 Å². The van der Waals surface area contributed by atoms with Crippen molar-refractivity contribution in [2.45, 2.75) is 24.9 Å². The standard InChI is InChI=1S/C8H13NO2S/c10-8(11)7-3-5-4-12-2-1-6(5)9-7/h5-7,9H,1-4H2,(H,10,11). The molecule has 4 heteroatoms. The summed E-state index contributed by atoms with van der Waals surface area (Å²) in [6.45, 7) is 0. The Balaban J connectivity index is 1.98. The zero-order valence-electron chi connectivity index (χ0n) is 6.82. The lowest BCUT2D eigenvalue weighted by molar-refractivity contribution is -0.139. The molecule has 2 rings (SSSR count). The van der Waals surface area contributed by atoms with Crippen LogP contribution in [0.4, 0.5) is 0 Å². The molecule has 2 N–H and O–H groups in total. The van der Waals surface area contributed by atoms with Gasteiger partial charge in [-0.3, -0.25) is 4.79 Å². The predicted molar refractivity (Wildman–Crippen MR) is 48.4 cm³/mol. The second-order valence-electron chi connectivity index (χ2n) is 3.52. The van der Waals surface area contributed by atoms with Gasteiger partial charge < -0.3 is 10.4 Å². The first kappa shape index (κ1) is 8.38. The van der Waals surface area contributed by atoms with Gasteiger partial charge in [0.2, 0.25) is 0 Å². The van der Waals surface area contributed by atoms with Crippen LogP contribution in [-0.4, -0.2) is 34.7 Å². The van der Waals surface area contributed by atoms with Crippen molar-refractivity contribution in [2.24, 2.45) is 5.92 Å². The van der Waals surface area contributed by atoms with Crippen LogP contribution in [0.15, 0.2) is 0 Å². The Labute approximate surface area is 75.9 Å². The van der Waals surface area contributed by atoms with Crippen LogP contribution in [0.1, 0.15) is 12.8 Å². The number of nitrogens with one attached hydrogen (secondary N) is 1. The maximum atomic E-state index is 10.7. The number of aliphatic carboxylic acids is 1. The van der Waals surface area contributed by atoms with Crippen LogP contribution in [0.3, 0.4) is 0 Å². The zero-order chi connectivity index (χ0) is 8.55. The molecule has 0 radical (unpaired) electrons. The summed E-state index contributed by atoms with van der Waals surface area (Å²) < 4.78 is 0. The highest BCUT2D eigenvalue weighted by molar-refractivity contribution is 7.99. The fourth-order valence-electron chi connectivity index (χ4n) is 2.05. The van der Waals surface area contributed by atoms with Crippen molar-refractivity contribution in [1.29, 1.82) is 0 Å². The molecule has 0 amide bonds. The van der Waals surface area contributed by atoms with E-state index in [-0.39, 0.29) is 6.04 Å². The summed E-state index contributed by atoms with van der Waals surface area (Å²) in [5, 5.41) is 12.0. The molecule has 2 aliphatic rings. The molecule has 2 aliphatic heterocycles. The summed E-state index contributed by atoms with van der Waals surface area (Å²) in [6.07, 6.45) is 1.96. The molecule has 68 valence electrons. The molecule has 0 aromatic heterocycles. The third-order valence-electron chi connectivity index (χ3n) is 2.73. The smallest absolute Gasteiger partial charge is 0.320 e. The largest absolute Gasteiger partial charge is 0.480 e. The van der Waals surface area contributed by atoms with Crippen LogP contribution in [0.25, 0.3) is 0 Å². The Morgan fingerprint density at radius 2 is 2.42 bits per heavy atom. The fraction of sp³-hybridized carbons (Fsp3) is 0.875. The van der Waals surface area contributed by atoms with Gasteiger partial charge in [0.25, 0.3) is 0 Å². The number of hydrogen-bond donors (Lipinski definition) is 2. The number of carbonyl (C=O) groups is 1. The van der Waals surface area contributed by atoms with Crippen molar-refractivity contribution >= 4 is 17.7 Å². The fourth-order valence-corrected chi connectivity index (χ4v) is 3.31. The third-order valence-corrected chi connectivity index (χ3v) is 3.91. The molecule has 0 bridgehead atoms. The average molecular weight is 187 g/mol. The average Bonchev–Trinajstić information content (AvgIpc) is 2.46. The Bertz CT molecular complexity index is 183. The molecule has 0 aliphatic carbocycles. The molecule has 0 spiro atoms. The van der Waals surface area contributed by atoms with E-state index in [1.165, 1.54) is 5.75 Å². The Kier molecular flexibility index (Phi) is 2.28. The molecule has 3 nitrogen and oxygen atoms in total. The van der Waals surface area contributed by atoms with Gasteiger partial charge in [-0.15, -0.1) is 0 Å². The van der Waals surface area contributed by atoms with E-state index < -0.39 is 5.97 Å². The number of hydrogen-bond acceptors (Lipinski definition) is 3. The summed E-state index contributed by atoms with van der Waals surface area (Å²) in [6, 6.07) is 0.200. The van der Waals surface area contributed by atoms with Crippen LogP contribution in [0.5, 0.6) is 0 Å². The van der Waals surface area contributed by atoms with Gasteiger partial charge in [0.05, 0.1) is 0 Å². The monoisotopic (exact) mass is 187 g/mol. The van der Waals surface area contributed by atoms with Crippen molar-refractivity contribution in [1.82, 2.24) is 5.32 Å². The van der Waals surface area contributed by atoms with E-state index in [0.717, 1.165) is 18.6 Å². The normalized spacial score (nSPS) is 40.8. The van der Waals surface area contributed by atoms with Crippen LogP contribution in [-0.2, 0) is 4.79 Å². The van der Waals surface area contributed by atoms with Gasteiger partial charge in [0.1, 0.15) is 6.04 Å². The molecule has 12 heavy (non-hydrogen) atoms. The number of rotatable bonds is 1. The van der Waals surface area contributed by atoms with E-state index >= 15 is 0 Å². The quantitative estimate of drug-likeness (QED) is 0.629. The highest BCUT2D eigenvalue weighted by Crippen LogP contribution is 2.31. The van der Waals surface area contributed by atoms with Crippen LogP contribution in [0, 0.1) is 5.92 Å². The van der Waals surface area contributed by atoms with Gasteiger partial charge in [-0.1, -0.05) is 0 Å². The lowest BCUT2D eigenvalue weighted by Crippen LogP contribution is -2.37. The number of carboxylic acids is 1. The molecule has 0 aromatic carbocycles. The molecule has 3 atom stereocenters. The molecule has 2 fully saturated rings. The zero-order valence-corrected chi connectivity index (χ0v) is 7.64. The minimum Gasteiger partial charge on any atom is -0.480 e. The van der Waals surface area contributed by atoms with Gasteiger partial charge >= 0.3 is 5.97 Å². The first-order valence-electron chi connectivity index (χ1n) is 4.34. The minimum atomic E-state index is -0.686. The highest BCUT2D eigenvalue weighted by Gasteiger charge is 2.38. The van der Waals surface area contributed by atoms with E-state index in [9.17, 15) is 4.79 Å². The summed E-state index contributed by atoms with van der Waals surface area (Å²) in [5.74, 6) is 2.24. The number of fused-ring (bicyclic) bond motifs is 1. The third kappa shape index (κ3) is 1.45. The van der Waals surface area contributed by atoms with E-state index in [0.29, 0.717) is 12.0 Å². The van der Waals surface area contributed by atoms with Crippen molar-refractivity contribution in [3.63, 3.8) is 0 Å². The molecule has 3 unspecified atom stereocenters. The van der Waals surface area contributed by atoms with E-state index in [4.69, 9.17) is 5.11 Å². The Morgan fingerprint density at radius 1 is 1.58 bits per heavy atom. The van der Waals surface area contributed by atoms with Gasteiger partial charge in [-0.25, -0.2) is 0 Å². The first-order chi connectivity index (χ1) is 5.77. The van der Waals surface area contributed by atoms with Crippen LogP contribution >= 0.6 is 11.8 Å². The van der Waals surface area contributed by atoms with Gasteiger partial charge in [0.15, 0.2) is 0 Å². The number of carboxylic acid groups (broad SMARTS) is 1. The SMILES string of the molecule is O=C(O)C1CC2CSCCC2N1. The predicted octanol–water partition coefficient (Wildman–Crippen LogP) is 0.555. The Morgan fingerprint density at radius 3 is 3.08 bits per heavy atom. The lowest BCUT2D eigenvalue weighted by Gasteiger charge is -2.23. The second-order valence-corrected chi connectivity index (χ2v) is 4.67. The van der Waals surface area contributed by atoms with Gasteiger partial charge in [-0.05, 0) is 30.3 Å². The van der Waals surface area contributed by atoms with Crippen LogP contribution in [0.2, 0.25) is 0 Å². The van der Waals surface area contributed by atoms with Crippen molar-refractivity contribution in [2.75, 3.05) is 11.5 Å². The van der Waals surface area contributed by atoms with E-state index in [1.807, 2.05) is 11.8 Å². The van der Waals surface area contributed by atoms with Gasteiger partial charge in [-0.2, -0.15) is 11.8 Å². The molecular formula is C8H13NO2S. The molecular weight excluding hydrogens is 174 g/mol. The van der Waals surface area contributed by atoms with Crippen LogP contribution < -0.4 is 5.32 Å². The van der Waals surface area contributed by atoms with E-state index in [2.05, 4.69) is 5.32 Å². The molecule has 0 aromatic rings. The maximum Gasteiger partial charge on any atom is 0.320 e. The summed E-state index contributed by atoms with van der Waals surface area (Å²) in [7, 11) is 0.